The lowest BCUT2D eigenvalue weighted by Crippen LogP contribution is -2.10. The molecular weight excluding hydrogens is 242 g/mol. The second-order valence-electron chi connectivity index (χ2n) is 6.44. The predicted molar refractivity (Wildman–Crippen MR) is 91.7 cm³/mol. The van der Waals surface area contributed by atoms with Gasteiger partial charge in [-0.15, -0.1) is 0 Å². The van der Waals surface area contributed by atoms with E-state index in [1.54, 1.807) is 5.57 Å². The van der Waals surface area contributed by atoms with Crippen LogP contribution in [-0.2, 0) is 0 Å². The highest BCUT2D eigenvalue weighted by Crippen LogP contribution is 2.27. The third-order valence-corrected chi connectivity index (χ3v) is 4.40. The standard InChI is InChI=1S/C19H35N/c1-4-6-8-12-17(3)16-19(18-13-9-10-14-18)20-15-11-7-5-2/h16,18H,4-15H2,1-3H3/b17-16-,20-19+. The molecule has 0 aromatic rings. The molecule has 0 spiro atoms. The fourth-order valence-corrected chi connectivity index (χ4v) is 3.06. The van der Waals surface area contributed by atoms with Crippen LogP contribution in [0, 0.1) is 5.92 Å². The Morgan fingerprint density at radius 1 is 1.00 bits per heavy atom. The van der Waals surface area contributed by atoms with Crippen molar-refractivity contribution in [1.29, 1.82) is 0 Å². The molecular formula is C19H35N. The molecule has 1 rings (SSSR count). The van der Waals surface area contributed by atoms with E-state index in [0.29, 0.717) is 0 Å². The smallest absolute Gasteiger partial charge is 0.0392 e. The van der Waals surface area contributed by atoms with E-state index in [1.165, 1.54) is 76.3 Å². The van der Waals surface area contributed by atoms with Gasteiger partial charge in [0.05, 0.1) is 0 Å². The lowest BCUT2D eigenvalue weighted by Gasteiger charge is -2.12. The van der Waals surface area contributed by atoms with Crippen molar-refractivity contribution in [3.63, 3.8) is 0 Å². The Balaban J connectivity index is 2.54. The van der Waals surface area contributed by atoms with Gasteiger partial charge in [-0.1, -0.05) is 57.9 Å². The Kier molecular flexibility index (Phi) is 9.70. The average molecular weight is 277 g/mol. The molecule has 0 bridgehead atoms. The Bertz CT molecular complexity index is 295. The second-order valence-corrected chi connectivity index (χ2v) is 6.44. The van der Waals surface area contributed by atoms with Crippen LogP contribution in [-0.4, -0.2) is 12.3 Å². The van der Waals surface area contributed by atoms with E-state index in [2.05, 4.69) is 26.8 Å². The van der Waals surface area contributed by atoms with E-state index < -0.39 is 0 Å². The van der Waals surface area contributed by atoms with Crippen LogP contribution in [0.25, 0.3) is 0 Å². The first-order valence-electron chi connectivity index (χ1n) is 8.99. The minimum Gasteiger partial charge on any atom is -0.289 e. The van der Waals surface area contributed by atoms with Crippen molar-refractivity contribution in [3.8, 4) is 0 Å². The molecule has 1 saturated carbocycles. The molecule has 0 aromatic carbocycles. The minimum atomic E-state index is 0.762. The van der Waals surface area contributed by atoms with Crippen molar-refractivity contribution in [3.05, 3.63) is 11.6 Å². The molecule has 1 heteroatoms. The van der Waals surface area contributed by atoms with E-state index in [4.69, 9.17) is 4.99 Å². The van der Waals surface area contributed by atoms with E-state index in [0.717, 1.165) is 12.5 Å². The zero-order valence-corrected chi connectivity index (χ0v) is 14.1. The quantitative estimate of drug-likeness (QED) is 0.326. The second kappa shape index (κ2) is 11.1. The Morgan fingerprint density at radius 3 is 2.30 bits per heavy atom. The molecule has 0 heterocycles. The summed E-state index contributed by atoms with van der Waals surface area (Å²) in [6.07, 6.45) is 17.1. The van der Waals surface area contributed by atoms with Gasteiger partial charge in [-0.3, -0.25) is 4.99 Å². The lowest BCUT2D eigenvalue weighted by molar-refractivity contribution is 0.698. The fraction of sp³-hybridized carbons (Fsp3) is 0.842. The topological polar surface area (TPSA) is 12.4 Å². The van der Waals surface area contributed by atoms with Gasteiger partial charge < -0.3 is 0 Å². The van der Waals surface area contributed by atoms with Gasteiger partial charge in [0.1, 0.15) is 0 Å². The summed E-state index contributed by atoms with van der Waals surface area (Å²) in [6, 6.07) is 0. The Morgan fingerprint density at radius 2 is 1.65 bits per heavy atom. The Hall–Kier alpha value is -0.590. The van der Waals surface area contributed by atoms with Gasteiger partial charge in [0.2, 0.25) is 0 Å². The lowest BCUT2D eigenvalue weighted by atomic mass is 9.98. The predicted octanol–water partition coefficient (Wildman–Crippen LogP) is 6.33. The monoisotopic (exact) mass is 277 g/mol. The maximum absolute atomic E-state index is 4.95. The molecule has 0 amide bonds. The van der Waals surface area contributed by atoms with Gasteiger partial charge in [-0.2, -0.15) is 0 Å². The van der Waals surface area contributed by atoms with Crippen LogP contribution in [0.1, 0.15) is 91.4 Å². The molecule has 0 N–H and O–H groups in total. The van der Waals surface area contributed by atoms with Crippen LogP contribution >= 0.6 is 0 Å². The van der Waals surface area contributed by atoms with Crippen molar-refractivity contribution in [1.82, 2.24) is 0 Å². The first kappa shape index (κ1) is 17.5. The summed E-state index contributed by atoms with van der Waals surface area (Å²) >= 11 is 0. The van der Waals surface area contributed by atoms with Crippen LogP contribution in [0.5, 0.6) is 0 Å². The van der Waals surface area contributed by atoms with Gasteiger partial charge in [-0.25, -0.2) is 0 Å². The summed E-state index contributed by atoms with van der Waals surface area (Å²) in [6.45, 7) is 7.88. The van der Waals surface area contributed by atoms with Crippen LogP contribution in [0.3, 0.4) is 0 Å². The summed E-state index contributed by atoms with van der Waals surface area (Å²) in [5.41, 5.74) is 2.96. The molecule has 1 fully saturated rings. The van der Waals surface area contributed by atoms with Crippen molar-refractivity contribution in [2.75, 3.05) is 6.54 Å². The largest absolute Gasteiger partial charge is 0.289 e. The third-order valence-electron chi connectivity index (χ3n) is 4.40. The first-order valence-corrected chi connectivity index (χ1v) is 8.99. The molecule has 0 aliphatic heterocycles. The highest BCUT2D eigenvalue weighted by molar-refractivity contribution is 5.97. The van der Waals surface area contributed by atoms with Crippen molar-refractivity contribution >= 4 is 5.71 Å². The van der Waals surface area contributed by atoms with Crippen molar-refractivity contribution in [2.45, 2.75) is 91.4 Å². The SMILES string of the molecule is CCCCC/N=C(\C=C(\C)CCCCC)C1CCCC1. The molecule has 0 unspecified atom stereocenters. The van der Waals surface area contributed by atoms with Gasteiger partial charge in [0.25, 0.3) is 0 Å². The number of allylic oxidation sites excluding steroid dienone is 2. The highest BCUT2D eigenvalue weighted by Gasteiger charge is 2.19. The maximum atomic E-state index is 4.95. The molecule has 1 aliphatic carbocycles. The summed E-state index contributed by atoms with van der Waals surface area (Å²) in [7, 11) is 0. The van der Waals surface area contributed by atoms with Crippen LogP contribution < -0.4 is 0 Å². The minimum absolute atomic E-state index is 0.762. The molecule has 20 heavy (non-hydrogen) atoms. The number of unbranched alkanes of at least 4 members (excludes halogenated alkanes) is 4. The number of aliphatic imine (C=N–C) groups is 1. The van der Waals surface area contributed by atoms with Crippen molar-refractivity contribution in [2.24, 2.45) is 10.9 Å². The first-order chi connectivity index (χ1) is 9.77. The van der Waals surface area contributed by atoms with E-state index in [1.807, 2.05) is 0 Å². The zero-order valence-electron chi connectivity index (χ0n) is 14.1. The molecule has 0 atom stereocenters. The number of rotatable bonds is 10. The summed E-state index contributed by atoms with van der Waals surface area (Å²) < 4.78 is 0. The molecule has 116 valence electrons. The van der Waals surface area contributed by atoms with Gasteiger partial charge in [-0.05, 0) is 45.1 Å². The summed E-state index contributed by atoms with van der Waals surface area (Å²) in [5, 5.41) is 0. The van der Waals surface area contributed by atoms with Gasteiger partial charge in [0, 0.05) is 18.2 Å². The summed E-state index contributed by atoms with van der Waals surface area (Å²) in [5.74, 6) is 0.762. The third kappa shape index (κ3) is 7.26. The normalized spacial score (nSPS) is 17.9. The van der Waals surface area contributed by atoms with E-state index in [9.17, 15) is 0 Å². The van der Waals surface area contributed by atoms with Gasteiger partial charge >= 0.3 is 0 Å². The number of nitrogens with zero attached hydrogens (tertiary/aromatic N) is 1. The zero-order chi connectivity index (χ0) is 14.6. The molecule has 0 saturated heterocycles. The summed E-state index contributed by atoms with van der Waals surface area (Å²) in [4.78, 5) is 4.95. The molecule has 1 nitrogen and oxygen atoms in total. The maximum Gasteiger partial charge on any atom is 0.0392 e. The average Bonchev–Trinajstić information content (AvgIpc) is 2.96. The van der Waals surface area contributed by atoms with Crippen LogP contribution in [0.2, 0.25) is 0 Å². The highest BCUT2D eigenvalue weighted by atomic mass is 14.7. The molecule has 0 aromatic heterocycles. The van der Waals surface area contributed by atoms with Crippen LogP contribution in [0.15, 0.2) is 16.6 Å². The molecule has 0 radical (unpaired) electrons. The van der Waals surface area contributed by atoms with Gasteiger partial charge in [0.15, 0.2) is 0 Å². The fourth-order valence-electron chi connectivity index (χ4n) is 3.06. The van der Waals surface area contributed by atoms with E-state index >= 15 is 0 Å². The number of hydrogen-bond donors (Lipinski definition) is 0. The van der Waals surface area contributed by atoms with E-state index in [-0.39, 0.29) is 0 Å². The molecule has 1 aliphatic rings. The Labute approximate surface area is 127 Å². The number of hydrogen-bond acceptors (Lipinski definition) is 1. The van der Waals surface area contributed by atoms with Crippen molar-refractivity contribution < 1.29 is 0 Å². The van der Waals surface area contributed by atoms with Crippen LogP contribution in [0.4, 0.5) is 0 Å².